The Morgan fingerprint density at radius 2 is 1.88 bits per heavy atom. The second-order valence-electron chi connectivity index (χ2n) is 6.32. The molecule has 0 aliphatic heterocycles. The molecule has 0 atom stereocenters. The number of carbonyl (C=O) groups is 1. The first-order chi connectivity index (χ1) is 12.6. The molecule has 0 bridgehead atoms. The van der Waals surface area contributed by atoms with Crippen LogP contribution in [0.15, 0.2) is 42.5 Å². The number of hydrogen-bond donors (Lipinski definition) is 1. The number of hydrogen-bond acceptors (Lipinski definition) is 4. The van der Waals surface area contributed by atoms with Crippen LogP contribution in [-0.4, -0.2) is 15.9 Å². The van der Waals surface area contributed by atoms with E-state index in [0.717, 1.165) is 37.9 Å². The van der Waals surface area contributed by atoms with Crippen molar-refractivity contribution in [3.8, 4) is 0 Å². The van der Waals surface area contributed by atoms with Crippen LogP contribution in [0.25, 0.3) is 21.1 Å². The molecule has 2 aromatic carbocycles. The van der Waals surface area contributed by atoms with Crippen molar-refractivity contribution >= 4 is 43.5 Å². The molecule has 0 aliphatic carbocycles. The number of para-hydroxylation sites is 2. The standard InChI is InChI=1S/C21H19N3OS/c1-4-15-18(13(3)14-9-5-6-10-16(14)22-15)20(25)24-21-23-19-12(2)8-7-11-17(19)26-21/h5-11H,4H2,1-3H3,(H,23,24,25). The predicted octanol–water partition coefficient (Wildman–Crippen LogP) is 5.28. The number of rotatable bonds is 3. The van der Waals surface area contributed by atoms with Crippen LogP contribution < -0.4 is 5.32 Å². The molecule has 2 heterocycles. The summed E-state index contributed by atoms with van der Waals surface area (Å²) in [6.07, 6.45) is 0.702. The largest absolute Gasteiger partial charge is 0.298 e. The summed E-state index contributed by atoms with van der Waals surface area (Å²) >= 11 is 1.49. The lowest BCUT2D eigenvalue weighted by Gasteiger charge is -2.13. The van der Waals surface area contributed by atoms with E-state index in [0.29, 0.717) is 17.1 Å². The van der Waals surface area contributed by atoms with Crippen molar-refractivity contribution in [2.24, 2.45) is 0 Å². The van der Waals surface area contributed by atoms with Gasteiger partial charge in [-0.2, -0.15) is 0 Å². The van der Waals surface area contributed by atoms with E-state index >= 15 is 0 Å². The molecule has 0 radical (unpaired) electrons. The van der Waals surface area contributed by atoms with Gasteiger partial charge in [0.2, 0.25) is 0 Å². The Kier molecular flexibility index (Phi) is 4.17. The Bertz CT molecular complexity index is 1150. The van der Waals surface area contributed by atoms with Crippen molar-refractivity contribution in [3.05, 3.63) is 64.8 Å². The number of nitrogens with zero attached hydrogens (tertiary/aromatic N) is 2. The third-order valence-electron chi connectivity index (χ3n) is 4.63. The molecule has 0 saturated carbocycles. The normalized spacial score (nSPS) is 11.2. The van der Waals surface area contributed by atoms with Crippen LogP contribution in [0.2, 0.25) is 0 Å². The summed E-state index contributed by atoms with van der Waals surface area (Å²) < 4.78 is 1.07. The van der Waals surface area contributed by atoms with Crippen LogP contribution in [0.4, 0.5) is 5.13 Å². The van der Waals surface area contributed by atoms with Crippen molar-refractivity contribution in [1.82, 2.24) is 9.97 Å². The third-order valence-corrected chi connectivity index (χ3v) is 5.57. The Labute approximate surface area is 155 Å². The summed E-state index contributed by atoms with van der Waals surface area (Å²) in [4.78, 5) is 22.3. The van der Waals surface area contributed by atoms with Crippen molar-refractivity contribution < 1.29 is 4.79 Å². The number of anilines is 1. The molecule has 4 aromatic rings. The maximum absolute atomic E-state index is 13.0. The van der Waals surface area contributed by atoms with Crippen molar-refractivity contribution in [2.45, 2.75) is 27.2 Å². The van der Waals surface area contributed by atoms with Gasteiger partial charge < -0.3 is 0 Å². The molecule has 2 aromatic heterocycles. The van der Waals surface area contributed by atoms with Gasteiger partial charge in [0.15, 0.2) is 5.13 Å². The van der Waals surface area contributed by atoms with Crippen LogP contribution in [0.3, 0.4) is 0 Å². The zero-order valence-corrected chi connectivity index (χ0v) is 15.8. The first-order valence-corrected chi connectivity index (χ1v) is 9.46. The van der Waals surface area contributed by atoms with Crippen LogP contribution in [-0.2, 0) is 6.42 Å². The molecule has 130 valence electrons. The lowest BCUT2D eigenvalue weighted by molar-refractivity contribution is 0.102. The number of aryl methyl sites for hydroxylation is 3. The predicted molar refractivity (Wildman–Crippen MR) is 108 cm³/mol. The lowest BCUT2D eigenvalue weighted by Crippen LogP contribution is -2.17. The number of benzene rings is 2. The molecule has 4 nitrogen and oxygen atoms in total. The summed E-state index contributed by atoms with van der Waals surface area (Å²) in [6.45, 7) is 6.04. The fourth-order valence-corrected chi connectivity index (χ4v) is 4.24. The zero-order chi connectivity index (χ0) is 18.3. The van der Waals surface area contributed by atoms with Crippen LogP contribution in [0, 0.1) is 13.8 Å². The van der Waals surface area contributed by atoms with Gasteiger partial charge in [-0.25, -0.2) is 4.98 Å². The van der Waals surface area contributed by atoms with Gasteiger partial charge in [-0.15, -0.1) is 0 Å². The van der Waals surface area contributed by atoms with Crippen molar-refractivity contribution in [2.75, 3.05) is 5.32 Å². The molecule has 1 N–H and O–H groups in total. The Hall–Kier alpha value is -2.79. The number of thiazole rings is 1. The summed E-state index contributed by atoms with van der Waals surface area (Å²) in [6, 6.07) is 14.0. The fraction of sp³-hybridized carbons (Fsp3) is 0.190. The molecule has 0 unspecified atom stereocenters. The van der Waals surface area contributed by atoms with E-state index in [9.17, 15) is 4.79 Å². The van der Waals surface area contributed by atoms with E-state index in [1.165, 1.54) is 11.3 Å². The molecular formula is C21H19N3OS. The molecule has 1 amide bonds. The summed E-state index contributed by atoms with van der Waals surface area (Å²) in [7, 11) is 0. The lowest BCUT2D eigenvalue weighted by atomic mass is 10.00. The quantitative estimate of drug-likeness (QED) is 0.540. The van der Waals surface area contributed by atoms with Gasteiger partial charge in [-0.1, -0.05) is 48.6 Å². The Morgan fingerprint density at radius 1 is 1.08 bits per heavy atom. The van der Waals surface area contributed by atoms with Crippen molar-refractivity contribution in [1.29, 1.82) is 0 Å². The highest BCUT2D eigenvalue weighted by atomic mass is 32.1. The molecule has 0 fully saturated rings. The summed E-state index contributed by atoms with van der Waals surface area (Å²) in [5.74, 6) is -0.144. The minimum atomic E-state index is -0.144. The minimum absolute atomic E-state index is 0.144. The van der Waals surface area contributed by atoms with E-state index in [-0.39, 0.29) is 5.91 Å². The van der Waals surface area contributed by atoms with Crippen LogP contribution in [0.1, 0.15) is 34.1 Å². The van der Waals surface area contributed by atoms with E-state index in [1.807, 2.05) is 63.2 Å². The number of carbonyl (C=O) groups excluding carboxylic acids is 1. The minimum Gasteiger partial charge on any atom is -0.298 e. The summed E-state index contributed by atoms with van der Waals surface area (Å²) in [5, 5.41) is 4.61. The number of aromatic nitrogens is 2. The molecule has 26 heavy (non-hydrogen) atoms. The topological polar surface area (TPSA) is 54.9 Å². The number of amides is 1. The average Bonchev–Trinajstić information content (AvgIpc) is 3.05. The molecule has 4 rings (SSSR count). The highest BCUT2D eigenvalue weighted by Gasteiger charge is 2.19. The molecule has 0 saturated heterocycles. The average molecular weight is 361 g/mol. The zero-order valence-electron chi connectivity index (χ0n) is 15.0. The smallest absolute Gasteiger partial charge is 0.259 e. The third kappa shape index (κ3) is 2.74. The number of pyridine rings is 1. The van der Waals surface area contributed by atoms with Gasteiger partial charge in [-0.05, 0) is 43.5 Å². The molecule has 5 heteroatoms. The maximum atomic E-state index is 13.0. The molecular weight excluding hydrogens is 342 g/mol. The van der Waals surface area contributed by atoms with Gasteiger partial charge in [0, 0.05) is 5.39 Å². The van der Waals surface area contributed by atoms with Gasteiger partial charge in [0.05, 0.1) is 27.0 Å². The monoisotopic (exact) mass is 361 g/mol. The molecule has 0 spiro atoms. The van der Waals surface area contributed by atoms with E-state index < -0.39 is 0 Å². The van der Waals surface area contributed by atoms with Gasteiger partial charge in [-0.3, -0.25) is 15.1 Å². The Balaban J connectivity index is 1.77. The highest BCUT2D eigenvalue weighted by molar-refractivity contribution is 7.22. The maximum Gasteiger partial charge on any atom is 0.259 e. The fourth-order valence-electron chi connectivity index (χ4n) is 3.30. The van der Waals surface area contributed by atoms with Gasteiger partial charge in [0.25, 0.3) is 5.91 Å². The van der Waals surface area contributed by atoms with E-state index in [2.05, 4.69) is 10.3 Å². The summed E-state index contributed by atoms with van der Waals surface area (Å²) in [5.41, 5.74) is 5.41. The molecule has 0 aliphatic rings. The second-order valence-corrected chi connectivity index (χ2v) is 7.35. The highest BCUT2D eigenvalue weighted by Crippen LogP contribution is 2.29. The van der Waals surface area contributed by atoms with Gasteiger partial charge in [0.1, 0.15) is 0 Å². The van der Waals surface area contributed by atoms with Crippen LogP contribution in [0.5, 0.6) is 0 Å². The first-order valence-electron chi connectivity index (χ1n) is 8.64. The van der Waals surface area contributed by atoms with Gasteiger partial charge >= 0.3 is 0 Å². The first kappa shape index (κ1) is 16.7. The Morgan fingerprint density at radius 3 is 2.65 bits per heavy atom. The number of fused-ring (bicyclic) bond motifs is 2. The second kappa shape index (κ2) is 6.50. The van der Waals surface area contributed by atoms with E-state index in [4.69, 9.17) is 4.98 Å². The van der Waals surface area contributed by atoms with E-state index in [1.54, 1.807) is 0 Å². The number of nitrogens with one attached hydrogen (secondary N) is 1. The SMILES string of the molecule is CCc1nc2ccccc2c(C)c1C(=O)Nc1nc2c(C)cccc2s1. The van der Waals surface area contributed by atoms with Crippen LogP contribution >= 0.6 is 11.3 Å². The van der Waals surface area contributed by atoms with Crippen molar-refractivity contribution in [3.63, 3.8) is 0 Å².